The van der Waals surface area contributed by atoms with Crippen molar-refractivity contribution in [1.29, 1.82) is 0 Å². The Morgan fingerprint density at radius 1 is 1.06 bits per heavy atom. The van der Waals surface area contributed by atoms with Gasteiger partial charge >= 0.3 is 5.97 Å². The fraction of sp³-hybridized carbons (Fsp3) is 0.370. The van der Waals surface area contributed by atoms with Gasteiger partial charge in [-0.2, -0.15) is 0 Å². The first kappa shape index (κ1) is 23.1. The molecule has 0 aromatic heterocycles. The molecule has 33 heavy (non-hydrogen) atoms. The van der Waals surface area contributed by atoms with Crippen molar-refractivity contribution >= 4 is 17.1 Å². The van der Waals surface area contributed by atoms with Crippen LogP contribution >= 0.6 is 0 Å². The Hall–Kier alpha value is -3.09. The fourth-order valence-corrected chi connectivity index (χ4v) is 4.29. The fourth-order valence-electron chi connectivity index (χ4n) is 4.29. The summed E-state index contributed by atoms with van der Waals surface area (Å²) in [6.07, 6.45) is 0.711. The summed E-state index contributed by atoms with van der Waals surface area (Å²) in [4.78, 5) is 15.4. The molecule has 6 nitrogen and oxygen atoms in total. The molecule has 2 aromatic rings. The summed E-state index contributed by atoms with van der Waals surface area (Å²) >= 11 is 0. The van der Waals surface area contributed by atoms with Gasteiger partial charge in [0.05, 0.1) is 25.4 Å². The minimum atomic E-state index is -0.466. The number of esters is 1. The lowest BCUT2D eigenvalue weighted by Gasteiger charge is -2.26. The monoisotopic (exact) mass is 448 g/mol. The summed E-state index contributed by atoms with van der Waals surface area (Å²) in [6.45, 7) is 8.41. The second-order valence-electron chi connectivity index (χ2n) is 8.19. The third-order valence-corrected chi connectivity index (χ3v) is 5.87. The number of rotatable bonds is 8. The summed E-state index contributed by atoms with van der Waals surface area (Å²) in [5, 5.41) is 12.8. The van der Waals surface area contributed by atoms with Crippen LogP contribution in [0, 0.1) is 0 Å². The second-order valence-corrected chi connectivity index (χ2v) is 8.19. The molecule has 0 radical (unpaired) electrons. The number of morpholine rings is 1. The normalized spacial score (nSPS) is 17.6. The van der Waals surface area contributed by atoms with E-state index in [1.54, 1.807) is 0 Å². The molecule has 0 unspecified atom stereocenters. The highest BCUT2D eigenvalue weighted by Gasteiger charge is 2.33. The summed E-state index contributed by atoms with van der Waals surface area (Å²) in [5.41, 5.74) is 3.89. The highest BCUT2D eigenvalue weighted by Crippen LogP contribution is 2.46. The number of allylic oxidation sites excluding steroid dienone is 1. The lowest BCUT2D eigenvalue weighted by molar-refractivity contribution is -0.300. The van der Waals surface area contributed by atoms with Gasteiger partial charge in [-0.3, -0.25) is 4.90 Å². The van der Waals surface area contributed by atoms with Crippen LogP contribution in [0.5, 0.6) is 5.75 Å². The van der Waals surface area contributed by atoms with Crippen LogP contribution in [0.15, 0.2) is 59.9 Å². The third-order valence-electron chi connectivity index (χ3n) is 5.87. The molecule has 174 valence electrons. The molecule has 1 saturated heterocycles. The van der Waals surface area contributed by atoms with E-state index in [0.717, 1.165) is 49.5 Å². The number of hydrogen-bond donors (Lipinski definition) is 0. The van der Waals surface area contributed by atoms with Gasteiger partial charge in [-0.25, -0.2) is 4.79 Å². The van der Waals surface area contributed by atoms with Gasteiger partial charge in [0.15, 0.2) is 0 Å². The van der Waals surface area contributed by atoms with Gasteiger partial charge in [-0.15, -0.1) is 5.76 Å². The Balaban J connectivity index is 1.66. The first-order valence-electron chi connectivity index (χ1n) is 11.5. The van der Waals surface area contributed by atoms with Gasteiger partial charge < -0.3 is 19.3 Å². The van der Waals surface area contributed by atoms with Gasteiger partial charge in [0.25, 0.3) is 0 Å². The van der Waals surface area contributed by atoms with Crippen LogP contribution in [-0.4, -0.2) is 56.9 Å². The third kappa shape index (κ3) is 5.13. The quantitative estimate of drug-likeness (QED) is 0.456. The van der Waals surface area contributed by atoms with Crippen LogP contribution in [0.4, 0.5) is 0 Å². The van der Waals surface area contributed by atoms with Crippen molar-refractivity contribution in [2.45, 2.75) is 20.3 Å². The number of ether oxygens (including phenoxy) is 3. The minimum absolute atomic E-state index is 0.170. The molecule has 4 rings (SSSR count). The summed E-state index contributed by atoms with van der Waals surface area (Å²) < 4.78 is 16.9. The number of carbonyl (C=O) groups is 1. The molecular formula is C27H30NO5-. The van der Waals surface area contributed by atoms with Crippen molar-refractivity contribution in [2.24, 2.45) is 0 Å². The zero-order valence-electron chi connectivity index (χ0n) is 19.3. The van der Waals surface area contributed by atoms with Gasteiger partial charge in [-0.05, 0) is 40.8 Å². The maximum absolute atomic E-state index is 13.1. The van der Waals surface area contributed by atoms with Gasteiger partial charge in [0.1, 0.15) is 12.4 Å². The summed E-state index contributed by atoms with van der Waals surface area (Å²) in [5.74, 6) is 0.0410. The van der Waals surface area contributed by atoms with Crippen LogP contribution in [0.2, 0.25) is 0 Å². The number of benzene rings is 2. The largest absolute Gasteiger partial charge is 0.875 e. The molecule has 0 bridgehead atoms. The molecule has 1 heterocycles. The average molecular weight is 449 g/mol. The smallest absolute Gasteiger partial charge is 0.339 e. The Morgan fingerprint density at radius 2 is 1.82 bits per heavy atom. The van der Waals surface area contributed by atoms with E-state index in [1.165, 1.54) is 6.92 Å². The molecule has 2 aliphatic rings. The van der Waals surface area contributed by atoms with Crippen molar-refractivity contribution in [1.82, 2.24) is 4.90 Å². The lowest BCUT2D eigenvalue weighted by atomic mass is 9.97. The highest BCUT2D eigenvalue weighted by atomic mass is 16.5. The van der Waals surface area contributed by atoms with Crippen LogP contribution in [0.1, 0.15) is 37.0 Å². The molecular weight excluding hydrogens is 418 g/mol. The number of carbonyl (C=O) groups excluding carboxylic acids is 1. The Bertz CT molecular complexity index is 1050. The maximum atomic E-state index is 13.1. The van der Waals surface area contributed by atoms with Crippen molar-refractivity contribution in [2.75, 3.05) is 46.1 Å². The zero-order chi connectivity index (χ0) is 23.2. The summed E-state index contributed by atoms with van der Waals surface area (Å²) in [6, 6.07) is 15.4. The molecule has 6 heteroatoms. The number of hydrogen-bond acceptors (Lipinski definition) is 6. The van der Waals surface area contributed by atoms with Gasteiger partial charge in [-0.1, -0.05) is 50.2 Å². The first-order valence-corrected chi connectivity index (χ1v) is 11.5. The molecule has 0 spiro atoms. The van der Waals surface area contributed by atoms with Crippen LogP contribution in [-0.2, 0) is 14.3 Å². The van der Waals surface area contributed by atoms with E-state index in [-0.39, 0.29) is 5.76 Å². The molecule has 0 atom stereocenters. The Morgan fingerprint density at radius 3 is 2.52 bits per heavy atom. The number of nitrogens with zero attached hydrogens (tertiary/aromatic N) is 1. The molecule has 1 aliphatic heterocycles. The van der Waals surface area contributed by atoms with E-state index in [4.69, 9.17) is 14.2 Å². The van der Waals surface area contributed by atoms with Crippen LogP contribution in [0.25, 0.3) is 11.1 Å². The molecule has 0 saturated carbocycles. The van der Waals surface area contributed by atoms with Crippen molar-refractivity contribution in [3.63, 3.8) is 0 Å². The Labute approximate surface area is 195 Å². The van der Waals surface area contributed by atoms with E-state index in [0.29, 0.717) is 42.1 Å². The van der Waals surface area contributed by atoms with Crippen molar-refractivity contribution in [3.05, 3.63) is 76.6 Å². The SMILES string of the molecule is CCCOC(=O)C1=C(c2ccccc2)c2ccc(OCCN3CCOCC3)cc2/C1=C(/C)[O-]. The zero-order valence-corrected chi connectivity index (χ0v) is 19.3. The molecule has 2 aromatic carbocycles. The minimum Gasteiger partial charge on any atom is -0.875 e. The predicted molar refractivity (Wildman–Crippen MR) is 126 cm³/mol. The van der Waals surface area contributed by atoms with E-state index < -0.39 is 5.97 Å². The van der Waals surface area contributed by atoms with Gasteiger partial charge in [0, 0.05) is 25.2 Å². The van der Waals surface area contributed by atoms with E-state index in [2.05, 4.69) is 4.90 Å². The molecule has 0 amide bonds. The molecule has 1 fully saturated rings. The predicted octanol–water partition coefficient (Wildman–Crippen LogP) is 3.26. The topological polar surface area (TPSA) is 71.1 Å². The number of fused-ring (bicyclic) bond motifs is 1. The van der Waals surface area contributed by atoms with Crippen molar-refractivity contribution in [3.8, 4) is 5.75 Å². The van der Waals surface area contributed by atoms with Crippen LogP contribution < -0.4 is 9.84 Å². The highest BCUT2D eigenvalue weighted by molar-refractivity contribution is 6.21. The second kappa shape index (κ2) is 10.7. The Kier molecular flexibility index (Phi) is 7.47. The molecule has 1 aliphatic carbocycles. The lowest BCUT2D eigenvalue weighted by Crippen LogP contribution is -2.38. The first-order chi connectivity index (χ1) is 16.1. The van der Waals surface area contributed by atoms with E-state index in [1.807, 2.05) is 55.5 Å². The van der Waals surface area contributed by atoms with E-state index in [9.17, 15) is 9.90 Å². The van der Waals surface area contributed by atoms with E-state index >= 15 is 0 Å². The van der Waals surface area contributed by atoms with Crippen LogP contribution in [0.3, 0.4) is 0 Å². The van der Waals surface area contributed by atoms with Gasteiger partial charge in [0.2, 0.25) is 0 Å². The van der Waals surface area contributed by atoms with Crippen molar-refractivity contribution < 1.29 is 24.1 Å². The maximum Gasteiger partial charge on any atom is 0.339 e. The standard InChI is InChI=1S/C27H31NO5/c1-3-14-33-27(30)26-24(19(2)29)23-18-21(32-17-13-28-11-15-31-16-12-28)9-10-22(23)25(26)20-7-5-4-6-8-20/h4-10,18,29H,3,11-17H2,1-2H3/p-1/b24-19+. The summed E-state index contributed by atoms with van der Waals surface area (Å²) in [7, 11) is 0. The molecule has 0 N–H and O–H groups in total. The average Bonchev–Trinajstić information content (AvgIpc) is 3.18.